The summed E-state index contributed by atoms with van der Waals surface area (Å²) in [5.74, 6) is 0.601. The third-order valence-electron chi connectivity index (χ3n) is 8.29. The van der Waals surface area contributed by atoms with E-state index in [0.29, 0.717) is 43.3 Å². The van der Waals surface area contributed by atoms with Gasteiger partial charge in [-0.2, -0.15) is 5.26 Å². The molecule has 1 aromatic carbocycles. The molecule has 9 heteroatoms. The maximum absolute atomic E-state index is 14.6. The molecular weight excluding hydrogens is 505 g/mol. The Morgan fingerprint density at radius 3 is 2.42 bits per heavy atom. The Hall–Kier alpha value is -2.73. The summed E-state index contributed by atoms with van der Waals surface area (Å²) in [5, 5.41) is 9.53. The van der Waals surface area contributed by atoms with Gasteiger partial charge in [0.2, 0.25) is 0 Å². The number of anilines is 1. The number of alkyl halides is 1. The minimum absolute atomic E-state index is 0.0496. The number of aromatic nitrogens is 1. The summed E-state index contributed by atoms with van der Waals surface area (Å²) in [6.45, 7) is 6.98. The molecule has 2 heterocycles. The molecule has 7 nitrogen and oxygen atoms in total. The summed E-state index contributed by atoms with van der Waals surface area (Å²) >= 11 is 0. The van der Waals surface area contributed by atoms with Crippen LogP contribution in [-0.4, -0.2) is 50.0 Å². The summed E-state index contributed by atoms with van der Waals surface area (Å²) < 4.78 is 44.6. The second kappa shape index (κ2) is 9.78. The maximum Gasteiger partial charge on any atom is 0.200 e. The lowest BCUT2D eigenvalue weighted by molar-refractivity contribution is -0.126. The molecule has 0 N–H and O–H groups in total. The zero-order valence-electron chi connectivity index (χ0n) is 22.4. The molecule has 2 aliphatic carbocycles. The van der Waals surface area contributed by atoms with Gasteiger partial charge in [-0.15, -0.1) is 0 Å². The van der Waals surface area contributed by atoms with Gasteiger partial charge in [0.15, 0.2) is 15.7 Å². The number of sulfone groups is 1. The second-order valence-electron chi connectivity index (χ2n) is 12.3. The molecular formula is C29H36FN3O4S. The van der Waals surface area contributed by atoms with E-state index in [2.05, 4.69) is 11.0 Å². The van der Waals surface area contributed by atoms with Gasteiger partial charge in [0.05, 0.1) is 23.0 Å². The molecule has 204 valence electrons. The van der Waals surface area contributed by atoms with Crippen molar-refractivity contribution >= 4 is 21.3 Å². The normalized spacial score (nSPS) is 26.5. The van der Waals surface area contributed by atoms with Gasteiger partial charge < -0.3 is 9.32 Å². The first-order valence-corrected chi connectivity index (χ1v) is 15.4. The number of halogens is 1. The Bertz CT molecular complexity index is 1340. The Balaban J connectivity index is 1.47. The fourth-order valence-electron chi connectivity index (χ4n) is 5.64. The number of carbonyl (C=O) groups excluding carboxylic acids is 1. The molecule has 0 spiro atoms. The molecule has 2 saturated carbocycles. The van der Waals surface area contributed by atoms with E-state index in [1.807, 2.05) is 45.0 Å². The van der Waals surface area contributed by atoms with Crippen molar-refractivity contribution < 1.29 is 22.0 Å². The average molecular weight is 542 g/mol. The van der Waals surface area contributed by atoms with Gasteiger partial charge in [-0.05, 0) is 44.2 Å². The molecule has 3 atom stereocenters. The molecule has 0 radical (unpaired) electrons. The summed E-state index contributed by atoms with van der Waals surface area (Å²) in [4.78, 5) is 20.4. The molecule has 38 heavy (non-hydrogen) atoms. The van der Waals surface area contributed by atoms with E-state index in [-0.39, 0.29) is 41.5 Å². The van der Waals surface area contributed by atoms with Crippen LogP contribution in [0.2, 0.25) is 0 Å². The van der Waals surface area contributed by atoms with Crippen LogP contribution in [0, 0.1) is 22.7 Å². The molecule has 1 aromatic heterocycles. The Labute approximate surface area is 224 Å². The minimum atomic E-state index is -2.97. The number of hydrogen-bond donors (Lipinski definition) is 0. The number of Topliss-reactive ketones (excluding diaryl/α,β-unsaturated/α-hetero) is 1. The molecule has 3 fully saturated rings. The van der Waals surface area contributed by atoms with Crippen LogP contribution in [0.4, 0.5) is 10.1 Å². The van der Waals surface area contributed by atoms with Crippen molar-refractivity contribution in [3.63, 3.8) is 0 Å². The van der Waals surface area contributed by atoms with E-state index < -0.39 is 27.3 Å². The van der Waals surface area contributed by atoms with E-state index in [9.17, 15) is 22.9 Å². The van der Waals surface area contributed by atoms with Gasteiger partial charge in [0.1, 0.15) is 23.4 Å². The van der Waals surface area contributed by atoms with Crippen molar-refractivity contribution in [2.24, 2.45) is 11.3 Å². The standard InChI is InChI=1S/C29H36FN3O4S/c1-28(2,3)27-32-25(19-4-7-21(8-5-19)33-12-14-38(35,36)15-13-33)26(37-27)22-9-6-20(30)16-23(22)24(34)17-29(18-31)10-11-29/h4-5,7-8,20,22-23H,6,9-17H2,1-3H3/t20-,22+,23+/m0/s1. The summed E-state index contributed by atoms with van der Waals surface area (Å²) in [5.41, 5.74) is 1.53. The largest absolute Gasteiger partial charge is 0.444 e. The Morgan fingerprint density at radius 2 is 1.84 bits per heavy atom. The fraction of sp³-hybridized carbons (Fsp3) is 0.621. The monoisotopic (exact) mass is 541 g/mol. The molecule has 5 rings (SSSR count). The highest BCUT2D eigenvalue weighted by molar-refractivity contribution is 7.91. The SMILES string of the molecule is CC(C)(C)c1nc(-c2ccc(N3CCS(=O)(=O)CC3)cc2)c([C@@H]2CC[C@H](F)C[C@H]2C(=O)CC2(C#N)CC2)o1. The first-order chi connectivity index (χ1) is 17.9. The topological polar surface area (TPSA) is 104 Å². The van der Waals surface area contributed by atoms with Crippen molar-refractivity contribution in [3.05, 3.63) is 35.9 Å². The van der Waals surface area contributed by atoms with E-state index in [4.69, 9.17) is 9.40 Å². The number of benzene rings is 1. The van der Waals surface area contributed by atoms with Crippen LogP contribution >= 0.6 is 0 Å². The van der Waals surface area contributed by atoms with E-state index >= 15 is 0 Å². The van der Waals surface area contributed by atoms with E-state index in [1.54, 1.807) is 0 Å². The maximum atomic E-state index is 14.6. The van der Waals surface area contributed by atoms with Gasteiger partial charge in [-0.25, -0.2) is 17.8 Å². The van der Waals surface area contributed by atoms with Crippen LogP contribution in [0.5, 0.6) is 0 Å². The highest BCUT2D eigenvalue weighted by Crippen LogP contribution is 2.51. The number of rotatable bonds is 6. The van der Waals surface area contributed by atoms with Gasteiger partial charge >= 0.3 is 0 Å². The van der Waals surface area contributed by atoms with Gasteiger partial charge in [-0.1, -0.05) is 32.9 Å². The van der Waals surface area contributed by atoms with Crippen LogP contribution in [0.15, 0.2) is 28.7 Å². The number of oxazole rings is 1. The van der Waals surface area contributed by atoms with Crippen molar-refractivity contribution in [2.75, 3.05) is 29.5 Å². The number of carbonyl (C=O) groups is 1. The number of hydrogen-bond acceptors (Lipinski definition) is 7. The van der Waals surface area contributed by atoms with Gasteiger partial charge in [0, 0.05) is 48.0 Å². The number of ketones is 1. The van der Waals surface area contributed by atoms with Crippen molar-refractivity contribution in [3.8, 4) is 17.3 Å². The summed E-state index contributed by atoms with van der Waals surface area (Å²) in [7, 11) is -2.97. The van der Waals surface area contributed by atoms with Crippen LogP contribution in [-0.2, 0) is 20.0 Å². The minimum Gasteiger partial charge on any atom is -0.444 e. The van der Waals surface area contributed by atoms with Crippen LogP contribution in [0.1, 0.15) is 76.9 Å². The fourth-order valence-corrected chi connectivity index (χ4v) is 6.85. The van der Waals surface area contributed by atoms with E-state index in [0.717, 1.165) is 24.1 Å². The Kier molecular flexibility index (Phi) is 6.91. The zero-order valence-corrected chi connectivity index (χ0v) is 23.2. The molecule has 1 aliphatic heterocycles. The van der Waals surface area contributed by atoms with Crippen LogP contribution in [0.3, 0.4) is 0 Å². The molecule has 3 aliphatic rings. The smallest absolute Gasteiger partial charge is 0.200 e. The van der Waals surface area contributed by atoms with Crippen LogP contribution in [0.25, 0.3) is 11.3 Å². The quantitative estimate of drug-likeness (QED) is 0.485. The molecule has 0 amide bonds. The third-order valence-corrected chi connectivity index (χ3v) is 9.89. The Morgan fingerprint density at radius 1 is 1.18 bits per heavy atom. The predicted octanol–water partition coefficient (Wildman–Crippen LogP) is 5.36. The van der Waals surface area contributed by atoms with E-state index in [1.165, 1.54) is 0 Å². The molecule has 0 unspecified atom stereocenters. The average Bonchev–Trinajstić information content (AvgIpc) is 3.49. The number of nitrogens with zero attached hydrogens (tertiary/aromatic N) is 3. The van der Waals surface area contributed by atoms with Crippen LogP contribution < -0.4 is 4.90 Å². The summed E-state index contributed by atoms with van der Waals surface area (Å²) in [6.07, 6.45) is 1.58. The second-order valence-corrected chi connectivity index (χ2v) is 14.6. The highest BCUT2D eigenvalue weighted by atomic mass is 32.2. The molecule has 2 aromatic rings. The molecule has 0 bridgehead atoms. The predicted molar refractivity (Wildman–Crippen MR) is 143 cm³/mol. The van der Waals surface area contributed by atoms with Crippen molar-refractivity contribution in [2.45, 2.75) is 76.8 Å². The first kappa shape index (κ1) is 26.9. The lowest BCUT2D eigenvalue weighted by Crippen LogP contribution is -2.40. The highest BCUT2D eigenvalue weighted by Gasteiger charge is 2.48. The lowest BCUT2D eigenvalue weighted by Gasteiger charge is -2.32. The van der Waals surface area contributed by atoms with Gasteiger partial charge in [-0.3, -0.25) is 4.79 Å². The number of nitriles is 1. The third kappa shape index (κ3) is 5.51. The lowest BCUT2D eigenvalue weighted by atomic mass is 9.72. The van der Waals surface area contributed by atoms with Crippen molar-refractivity contribution in [1.29, 1.82) is 5.26 Å². The zero-order chi connectivity index (χ0) is 27.3. The summed E-state index contributed by atoms with van der Waals surface area (Å²) in [6, 6.07) is 10.1. The van der Waals surface area contributed by atoms with Crippen molar-refractivity contribution in [1.82, 2.24) is 4.98 Å². The molecule has 1 saturated heterocycles. The van der Waals surface area contributed by atoms with Gasteiger partial charge in [0.25, 0.3) is 0 Å². The first-order valence-electron chi connectivity index (χ1n) is 13.5.